The molecule has 0 radical (unpaired) electrons. The summed E-state index contributed by atoms with van der Waals surface area (Å²) in [6.07, 6.45) is -0.0681. The van der Waals surface area contributed by atoms with Gasteiger partial charge >= 0.3 is 0 Å². The molecule has 1 aliphatic heterocycles. The number of hydrogen-bond acceptors (Lipinski definition) is 3. The quantitative estimate of drug-likeness (QED) is 0.561. The first kappa shape index (κ1) is 10.8. The first-order chi connectivity index (χ1) is 7.69. The Kier molecular flexibility index (Phi) is 2.70. The van der Waals surface area contributed by atoms with Gasteiger partial charge in [-0.05, 0) is 24.3 Å². The van der Waals surface area contributed by atoms with Gasteiger partial charge in [0.25, 0.3) is 5.91 Å². The Labute approximate surface area is 91.6 Å². The molecular formula is C11H10FNO3. The number of carbonyl (C=O) groups excluding carboxylic acids is 2. The summed E-state index contributed by atoms with van der Waals surface area (Å²) in [7, 11) is 1.38. The number of methoxy groups -OCH3 is 1. The van der Waals surface area contributed by atoms with E-state index in [0.29, 0.717) is 12.0 Å². The van der Waals surface area contributed by atoms with E-state index in [1.165, 1.54) is 36.3 Å². The molecule has 1 heterocycles. The number of aldehydes is 1. The molecule has 1 aliphatic rings. The van der Waals surface area contributed by atoms with Gasteiger partial charge in [-0.25, -0.2) is 4.39 Å². The number of anilines is 1. The fourth-order valence-corrected chi connectivity index (χ4v) is 1.76. The maximum atomic E-state index is 12.7. The van der Waals surface area contributed by atoms with Gasteiger partial charge in [-0.3, -0.25) is 9.69 Å². The second-order valence-corrected chi connectivity index (χ2v) is 3.47. The van der Waals surface area contributed by atoms with Crippen LogP contribution in [-0.2, 0) is 14.3 Å². The molecule has 2 atom stereocenters. The molecule has 1 amide bonds. The van der Waals surface area contributed by atoms with Crippen LogP contribution in [0.5, 0.6) is 0 Å². The summed E-state index contributed by atoms with van der Waals surface area (Å²) in [4.78, 5) is 23.7. The van der Waals surface area contributed by atoms with Crippen molar-refractivity contribution in [3.05, 3.63) is 30.1 Å². The lowest BCUT2D eigenvalue weighted by molar-refractivity contribution is -0.142. The predicted molar refractivity (Wildman–Crippen MR) is 54.5 cm³/mol. The monoisotopic (exact) mass is 223 g/mol. The summed E-state index contributed by atoms with van der Waals surface area (Å²) in [5.41, 5.74) is 0.497. The first-order valence-electron chi connectivity index (χ1n) is 4.75. The molecule has 0 bridgehead atoms. The molecular weight excluding hydrogens is 213 g/mol. The van der Waals surface area contributed by atoms with Crippen molar-refractivity contribution in [2.24, 2.45) is 0 Å². The van der Waals surface area contributed by atoms with Gasteiger partial charge in [0, 0.05) is 12.8 Å². The SMILES string of the molecule is CO[C@@H]1C(=O)N(c2ccc(F)cc2)[C@H]1C=O. The Morgan fingerprint density at radius 3 is 2.50 bits per heavy atom. The molecule has 1 aromatic carbocycles. The van der Waals surface area contributed by atoms with Crippen LogP contribution in [0.15, 0.2) is 24.3 Å². The lowest BCUT2D eigenvalue weighted by atomic mass is 9.98. The van der Waals surface area contributed by atoms with E-state index in [9.17, 15) is 14.0 Å². The summed E-state index contributed by atoms with van der Waals surface area (Å²) in [6.45, 7) is 0. The van der Waals surface area contributed by atoms with E-state index in [1.807, 2.05) is 0 Å². The van der Waals surface area contributed by atoms with E-state index in [0.717, 1.165) is 0 Å². The van der Waals surface area contributed by atoms with Gasteiger partial charge in [0.1, 0.15) is 18.1 Å². The molecule has 84 valence electrons. The first-order valence-corrected chi connectivity index (χ1v) is 4.75. The largest absolute Gasteiger partial charge is 0.369 e. The molecule has 5 heteroatoms. The highest BCUT2D eigenvalue weighted by Crippen LogP contribution is 2.28. The van der Waals surface area contributed by atoms with Gasteiger partial charge in [0.2, 0.25) is 0 Å². The highest BCUT2D eigenvalue weighted by molar-refractivity contribution is 6.09. The molecule has 0 unspecified atom stereocenters. The molecule has 16 heavy (non-hydrogen) atoms. The molecule has 2 rings (SSSR count). The van der Waals surface area contributed by atoms with Crippen LogP contribution in [0.4, 0.5) is 10.1 Å². The number of halogens is 1. The molecule has 0 spiro atoms. The van der Waals surface area contributed by atoms with E-state index in [1.54, 1.807) is 0 Å². The second kappa shape index (κ2) is 4.02. The van der Waals surface area contributed by atoms with Gasteiger partial charge in [-0.15, -0.1) is 0 Å². The molecule has 0 aliphatic carbocycles. The van der Waals surface area contributed by atoms with Gasteiger partial charge in [0.05, 0.1) is 0 Å². The molecule has 1 fully saturated rings. The fraction of sp³-hybridized carbons (Fsp3) is 0.273. The number of benzene rings is 1. The Bertz CT molecular complexity index is 418. The number of β-lactam (4-membered cyclic amide) rings is 1. The maximum absolute atomic E-state index is 12.7. The van der Waals surface area contributed by atoms with E-state index in [2.05, 4.69) is 0 Å². The van der Waals surface area contributed by atoms with E-state index < -0.39 is 12.1 Å². The van der Waals surface area contributed by atoms with Crippen LogP contribution in [0.1, 0.15) is 0 Å². The normalized spacial score (nSPS) is 24.1. The number of nitrogens with zero attached hydrogens (tertiary/aromatic N) is 1. The highest BCUT2D eigenvalue weighted by Gasteiger charge is 2.48. The topological polar surface area (TPSA) is 46.6 Å². The Morgan fingerprint density at radius 1 is 1.38 bits per heavy atom. The van der Waals surface area contributed by atoms with E-state index in [4.69, 9.17) is 4.74 Å². The number of carbonyl (C=O) groups is 2. The summed E-state index contributed by atoms with van der Waals surface area (Å²) < 4.78 is 17.6. The number of hydrogen-bond donors (Lipinski definition) is 0. The van der Waals surface area contributed by atoms with Crippen molar-refractivity contribution in [2.45, 2.75) is 12.1 Å². The van der Waals surface area contributed by atoms with Crippen molar-refractivity contribution < 1.29 is 18.7 Å². The molecule has 0 N–H and O–H groups in total. The van der Waals surface area contributed by atoms with Crippen molar-refractivity contribution in [1.82, 2.24) is 0 Å². The smallest absolute Gasteiger partial charge is 0.259 e. The Morgan fingerprint density at radius 2 is 2.00 bits per heavy atom. The molecule has 0 saturated carbocycles. The van der Waals surface area contributed by atoms with Gasteiger partial charge in [-0.1, -0.05) is 0 Å². The van der Waals surface area contributed by atoms with Crippen LogP contribution in [0.2, 0.25) is 0 Å². The van der Waals surface area contributed by atoms with Crippen molar-refractivity contribution in [3.8, 4) is 0 Å². The van der Waals surface area contributed by atoms with Crippen molar-refractivity contribution in [3.63, 3.8) is 0 Å². The van der Waals surface area contributed by atoms with Crippen LogP contribution in [-0.4, -0.2) is 31.4 Å². The standard InChI is InChI=1S/C11H10FNO3/c1-16-10-9(6-14)13(11(10)15)8-4-2-7(12)3-5-8/h2-6,9-10H,1H3/t9-,10-/m0/s1. The van der Waals surface area contributed by atoms with Crippen molar-refractivity contribution in [2.75, 3.05) is 12.0 Å². The summed E-state index contributed by atoms with van der Waals surface area (Å²) in [5.74, 6) is -0.672. The average molecular weight is 223 g/mol. The van der Waals surface area contributed by atoms with Gasteiger partial charge in [0.15, 0.2) is 6.10 Å². The fourth-order valence-electron chi connectivity index (χ4n) is 1.76. The third-order valence-electron chi connectivity index (χ3n) is 2.59. The van der Waals surface area contributed by atoms with E-state index in [-0.39, 0.29) is 11.7 Å². The predicted octanol–water partition coefficient (Wildman–Crippen LogP) is 0.755. The Hall–Kier alpha value is -1.75. The highest BCUT2D eigenvalue weighted by atomic mass is 19.1. The average Bonchev–Trinajstić information content (AvgIpc) is 2.29. The van der Waals surface area contributed by atoms with Gasteiger partial charge < -0.3 is 9.53 Å². The third-order valence-corrected chi connectivity index (χ3v) is 2.59. The van der Waals surface area contributed by atoms with Crippen LogP contribution in [0, 0.1) is 5.82 Å². The van der Waals surface area contributed by atoms with Crippen LogP contribution < -0.4 is 4.90 Å². The molecule has 1 aromatic rings. The van der Waals surface area contributed by atoms with Crippen molar-refractivity contribution in [1.29, 1.82) is 0 Å². The minimum atomic E-state index is -0.720. The Balaban J connectivity index is 2.25. The van der Waals surface area contributed by atoms with Gasteiger partial charge in [-0.2, -0.15) is 0 Å². The zero-order chi connectivity index (χ0) is 11.7. The second-order valence-electron chi connectivity index (χ2n) is 3.47. The summed E-state index contributed by atoms with van der Waals surface area (Å²) in [5, 5.41) is 0. The number of amides is 1. The third kappa shape index (κ3) is 1.49. The van der Waals surface area contributed by atoms with Crippen LogP contribution in [0.3, 0.4) is 0 Å². The van der Waals surface area contributed by atoms with Crippen molar-refractivity contribution >= 4 is 17.9 Å². The molecule has 0 aromatic heterocycles. The lowest BCUT2D eigenvalue weighted by Gasteiger charge is -2.42. The van der Waals surface area contributed by atoms with E-state index >= 15 is 0 Å². The molecule has 4 nitrogen and oxygen atoms in total. The van der Waals surface area contributed by atoms with Crippen LogP contribution >= 0.6 is 0 Å². The summed E-state index contributed by atoms with van der Waals surface area (Å²) in [6, 6.07) is 4.77. The zero-order valence-electron chi connectivity index (χ0n) is 8.59. The minimum absolute atomic E-state index is 0.286. The minimum Gasteiger partial charge on any atom is -0.369 e. The molecule has 1 saturated heterocycles. The number of ether oxygens (including phenoxy) is 1. The number of rotatable bonds is 3. The maximum Gasteiger partial charge on any atom is 0.259 e. The van der Waals surface area contributed by atoms with Crippen LogP contribution in [0.25, 0.3) is 0 Å². The zero-order valence-corrected chi connectivity index (χ0v) is 8.59. The summed E-state index contributed by atoms with van der Waals surface area (Å²) >= 11 is 0. The lowest BCUT2D eigenvalue weighted by Crippen LogP contribution is -2.66.